The van der Waals surface area contributed by atoms with Gasteiger partial charge in [-0.1, -0.05) is 12.1 Å². The molecule has 8 heteroatoms. The lowest BCUT2D eigenvalue weighted by Gasteiger charge is -2.30. The summed E-state index contributed by atoms with van der Waals surface area (Å²) in [6.45, 7) is 3.08. The third kappa shape index (κ3) is 4.01. The summed E-state index contributed by atoms with van der Waals surface area (Å²) in [6, 6.07) is 7.63. The summed E-state index contributed by atoms with van der Waals surface area (Å²) in [4.78, 5) is 16.2. The number of esters is 1. The molecule has 0 amide bonds. The van der Waals surface area contributed by atoms with Gasteiger partial charge in [0, 0.05) is 19.6 Å². The Bertz CT molecular complexity index is 846. The molecule has 1 aliphatic rings. The number of hydrogen-bond acceptors (Lipinski definition) is 5. The van der Waals surface area contributed by atoms with Crippen LogP contribution in [0.2, 0.25) is 0 Å². The molecule has 0 bridgehead atoms. The van der Waals surface area contributed by atoms with Gasteiger partial charge in [0.2, 0.25) is 10.0 Å². The summed E-state index contributed by atoms with van der Waals surface area (Å²) in [5.74, 6) is -0.677. The van der Waals surface area contributed by atoms with Crippen LogP contribution < -0.4 is 0 Å². The molecule has 2 heterocycles. The fourth-order valence-electron chi connectivity index (χ4n) is 3.18. The van der Waals surface area contributed by atoms with Gasteiger partial charge in [0.15, 0.2) is 0 Å². The maximum absolute atomic E-state index is 12.7. The van der Waals surface area contributed by atoms with Gasteiger partial charge in [-0.25, -0.2) is 17.7 Å². The Morgan fingerprint density at radius 1 is 1.36 bits per heavy atom. The molecule has 1 saturated heterocycles. The summed E-state index contributed by atoms with van der Waals surface area (Å²) in [5.41, 5.74) is 1.76. The highest BCUT2D eigenvalue weighted by molar-refractivity contribution is 7.89. The summed E-state index contributed by atoms with van der Waals surface area (Å²) in [6.07, 6.45) is 3.02. The third-order valence-corrected chi connectivity index (χ3v) is 6.33. The van der Waals surface area contributed by atoms with Crippen molar-refractivity contribution in [3.8, 4) is 0 Å². The quantitative estimate of drug-likeness (QED) is 0.727. The predicted molar refractivity (Wildman–Crippen MR) is 94.4 cm³/mol. The lowest BCUT2D eigenvalue weighted by atomic mass is 10.0. The SMILES string of the molecule is CCOC(=O)[C@@H]1CCCN(S(=O)(=O)CCn2cnc3ccccc32)C1. The number of fused-ring (bicyclic) bond motifs is 1. The van der Waals surface area contributed by atoms with Crippen molar-refractivity contribution in [1.82, 2.24) is 13.9 Å². The first-order valence-electron chi connectivity index (χ1n) is 8.55. The van der Waals surface area contributed by atoms with Crippen LogP contribution in [0.25, 0.3) is 11.0 Å². The number of carbonyl (C=O) groups excluding carboxylic acids is 1. The number of sulfonamides is 1. The lowest BCUT2D eigenvalue weighted by Crippen LogP contribution is -2.44. The number of hydrogen-bond donors (Lipinski definition) is 0. The molecule has 1 fully saturated rings. The van der Waals surface area contributed by atoms with Crippen molar-refractivity contribution in [2.45, 2.75) is 26.3 Å². The highest BCUT2D eigenvalue weighted by Gasteiger charge is 2.32. The molecule has 1 aromatic carbocycles. The molecule has 25 heavy (non-hydrogen) atoms. The van der Waals surface area contributed by atoms with E-state index < -0.39 is 10.0 Å². The van der Waals surface area contributed by atoms with E-state index in [-0.39, 0.29) is 24.2 Å². The second kappa shape index (κ2) is 7.53. The minimum Gasteiger partial charge on any atom is -0.466 e. The molecule has 1 aliphatic heterocycles. The lowest BCUT2D eigenvalue weighted by molar-refractivity contribution is -0.149. The van der Waals surface area contributed by atoms with Crippen molar-refractivity contribution in [3.05, 3.63) is 30.6 Å². The van der Waals surface area contributed by atoms with Crippen LogP contribution in [0.15, 0.2) is 30.6 Å². The van der Waals surface area contributed by atoms with Crippen molar-refractivity contribution in [1.29, 1.82) is 0 Å². The summed E-state index contributed by atoms with van der Waals surface area (Å²) in [7, 11) is -3.43. The fraction of sp³-hybridized carbons (Fsp3) is 0.529. The average molecular weight is 365 g/mol. The molecule has 0 spiro atoms. The van der Waals surface area contributed by atoms with Crippen molar-refractivity contribution < 1.29 is 17.9 Å². The van der Waals surface area contributed by atoms with E-state index >= 15 is 0 Å². The number of benzene rings is 1. The zero-order chi connectivity index (χ0) is 17.9. The van der Waals surface area contributed by atoms with E-state index in [0.717, 1.165) is 11.0 Å². The number of para-hydroxylation sites is 2. The minimum absolute atomic E-state index is 0.0110. The Morgan fingerprint density at radius 2 is 2.16 bits per heavy atom. The maximum Gasteiger partial charge on any atom is 0.310 e. The smallest absolute Gasteiger partial charge is 0.310 e. The van der Waals surface area contributed by atoms with Gasteiger partial charge in [0.25, 0.3) is 0 Å². The number of piperidine rings is 1. The molecular formula is C17H23N3O4S. The Morgan fingerprint density at radius 3 is 2.96 bits per heavy atom. The number of ether oxygens (including phenoxy) is 1. The van der Waals surface area contributed by atoms with Crippen LogP contribution >= 0.6 is 0 Å². The number of imidazole rings is 1. The van der Waals surface area contributed by atoms with Gasteiger partial charge in [0.1, 0.15) is 0 Å². The minimum atomic E-state index is -3.43. The van der Waals surface area contributed by atoms with E-state index in [1.54, 1.807) is 13.3 Å². The molecule has 1 atom stereocenters. The van der Waals surface area contributed by atoms with Crippen LogP contribution in [-0.2, 0) is 26.1 Å². The average Bonchev–Trinajstić information content (AvgIpc) is 3.04. The van der Waals surface area contributed by atoms with Gasteiger partial charge in [-0.3, -0.25) is 4.79 Å². The topological polar surface area (TPSA) is 81.5 Å². The van der Waals surface area contributed by atoms with Gasteiger partial charge in [-0.15, -0.1) is 0 Å². The number of aryl methyl sites for hydroxylation is 1. The zero-order valence-electron chi connectivity index (χ0n) is 14.3. The Hall–Kier alpha value is -1.93. The highest BCUT2D eigenvalue weighted by Crippen LogP contribution is 2.21. The third-order valence-electron chi connectivity index (χ3n) is 4.51. The molecule has 7 nitrogen and oxygen atoms in total. The number of rotatable bonds is 6. The van der Waals surface area contributed by atoms with Crippen molar-refractivity contribution in [2.75, 3.05) is 25.4 Å². The second-order valence-electron chi connectivity index (χ2n) is 6.19. The molecule has 0 aliphatic carbocycles. The van der Waals surface area contributed by atoms with E-state index in [0.29, 0.717) is 32.5 Å². The summed E-state index contributed by atoms with van der Waals surface area (Å²) in [5, 5.41) is 0. The Labute approximate surface area is 147 Å². The van der Waals surface area contributed by atoms with E-state index in [4.69, 9.17) is 4.74 Å². The zero-order valence-corrected chi connectivity index (χ0v) is 15.1. The molecule has 0 unspecified atom stereocenters. The normalized spacial score (nSPS) is 19.2. The van der Waals surface area contributed by atoms with Crippen molar-refractivity contribution in [2.24, 2.45) is 5.92 Å². The standard InChI is InChI=1S/C17H23N3O4S/c1-2-24-17(21)14-6-5-9-20(12-14)25(22,23)11-10-19-13-18-15-7-3-4-8-16(15)19/h3-4,7-8,13-14H,2,5-6,9-12H2,1H3/t14-/m1/s1. The molecule has 136 valence electrons. The summed E-state index contributed by atoms with van der Waals surface area (Å²) >= 11 is 0. The maximum atomic E-state index is 12.7. The molecule has 0 N–H and O–H groups in total. The Kier molecular flexibility index (Phi) is 5.39. The van der Waals surface area contributed by atoms with Crippen LogP contribution in [0.1, 0.15) is 19.8 Å². The molecular weight excluding hydrogens is 342 g/mol. The van der Waals surface area contributed by atoms with E-state index in [1.807, 2.05) is 28.8 Å². The van der Waals surface area contributed by atoms with Crippen LogP contribution in [0.3, 0.4) is 0 Å². The van der Waals surface area contributed by atoms with Gasteiger partial charge < -0.3 is 9.30 Å². The van der Waals surface area contributed by atoms with Gasteiger partial charge in [-0.05, 0) is 31.9 Å². The van der Waals surface area contributed by atoms with Gasteiger partial charge in [0.05, 0.1) is 35.6 Å². The molecule has 0 saturated carbocycles. The monoisotopic (exact) mass is 365 g/mol. The van der Waals surface area contributed by atoms with Crippen molar-refractivity contribution >= 4 is 27.0 Å². The van der Waals surface area contributed by atoms with E-state index in [2.05, 4.69) is 4.98 Å². The largest absolute Gasteiger partial charge is 0.466 e. The molecule has 0 radical (unpaired) electrons. The molecule has 3 rings (SSSR count). The van der Waals surface area contributed by atoms with E-state index in [1.165, 1.54) is 4.31 Å². The first-order chi connectivity index (χ1) is 12.0. The second-order valence-corrected chi connectivity index (χ2v) is 8.28. The van der Waals surface area contributed by atoms with Crippen molar-refractivity contribution in [3.63, 3.8) is 0 Å². The Balaban J connectivity index is 1.66. The van der Waals surface area contributed by atoms with Gasteiger partial charge >= 0.3 is 5.97 Å². The van der Waals surface area contributed by atoms with Crippen LogP contribution in [0, 0.1) is 5.92 Å². The predicted octanol–water partition coefficient (Wildman–Crippen LogP) is 1.64. The highest BCUT2D eigenvalue weighted by atomic mass is 32.2. The first-order valence-corrected chi connectivity index (χ1v) is 10.2. The first kappa shape index (κ1) is 17.9. The van der Waals surface area contributed by atoms with E-state index in [9.17, 15) is 13.2 Å². The molecule has 1 aromatic heterocycles. The number of aromatic nitrogens is 2. The number of nitrogens with zero attached hydrogens (tertiary/aromatic N) is 3. The fourth-order valence-corrected chi connectivity index (χ4v) is 4.68. The van der Waals surface area contributed by atoms with Crippen LogP contribution in [-0.4, -0.2) is 53.7 Å². The number of carbonyl (C=O) groups is 1. The van der Waals surface area contributed by atoms with Crippen LogP contribution in [0.5, 0.6) is 0 Å². The summed E-state index contributed by atoms with van der Waals surface area (Å²) < 4.78 is 33.7. The molecule has 2 aromatic rings. The van der Waals surface area contributed by atoms with Gasteiger partial charge in [-0.2, -0.15) is 0 Å². The van der Waals surface area contributed by atoms with Crippen LogP contribution in [0.4, 0.5) is 0 Å².